The summed E-state index contributed by atoms with van der Waals surface area (Å²) in [7, 11) is 3.43. The van der Waals surface area contributed by atoms with Gasteiger partial charge in [0, 0.05) is 20.6 Å². The van der Waals surface area contributed by atoms with Crippen LogP contribution in [0.1, 0.15) is 12.8 Å². The average Bonchev–Trinajstić information content (AvgIpc) is 3.08. The van der Waals surface area contributed by atoms with Crippen LogP contribution in [0, 0.1) is 0 Å². The van der Waals surface area contributed by atoms with E-state index in [0.29, 0.717) is 12.3 Å². The van der Waals surface area contributed by atoms with Crippen molar-refractivity contribution in [3.05, 3.63) is 42.5 Å². The number of rotatable bonds is 4. The number of carbonyl (C=O) groups is 2. The van der Waals surface area contributed by atoms with Gasteiger partial charge in [0.25, 0.3) is 5.91 Å². The third-order valence-electron chi connectivity index (χ3n) is 4.38. The van der Waals surface area contributed by atoms with E-state index in [1.54, 1.807) is 23.9 Å². The summed E-state index contributed by atoms with van der Waals surface area (Å²) in [5, 5.41) is 2.21. The number of nitrogens with zero attached hydrogens (tertiary/aromatic N) is 2. The highest BCUT2D eigenvalue weighted by atomic mass is 16.5. The van der Waals surface area contributed by atoms with Crippen LogP contribution in [0.15, 0.2) is 42.5 Å². The van der Waals surface area contributed by atoms with Crippen LogP contribution in [0.25, 0.3) is 10.8 Å². The number of likely N-dealkylation sites (N-methyl/N-ethyl adjacent to an activating group) is 1. The lowest BCUT2D eigenvalue weighted by atomic mass is 10.1. The van der Waals surface area contributed by atoms with Gasteiger partial charge in [-0.3, -0.25) is 9.59 Å². The molecule has 0 spiro atoms. The highest BCUT2D eigenvalue weighted by Crippen LogP contribution is 2.22. The zero-order chi connectivity index (χ0) is 17.1. The van der Waals surface area contributed by atoms with Gasteiger partial charge in [0.1, 0.15) is 11.8 Å². The maximum absolute atomic E-state index is 12.4. The van der Waals surface area contributed by atoms with E-state index >= 15 is 0 Å². The molecule has 1 heterocycles. The molecule has 0 bridgehead atoms. The molecule has 2 aromatic rings. The molecule has 0 N–H and O–H groups in total. The molecule has 1 fully saturated rings. The molecule has 1 aliphatic heterocycles. The van der Waals surface area contributed by atoms with Crippen molar-refractivity contribution < 1.29 is 14.3 Å². The molecule has 0 saturated carbocycles. The SMILES string of the molecule is CN(C)C(=O)C1CCCN1C(=O)COc1ccc2ccccc2c1. The second kappa shape index (κ2) is 6.91. The summed E-state index contributed by atoms with van der Waals surface area (Å²) >= 11 is 0. The highest BCUT2D eigenvalue weighted by molar-refractivity contribution is 5.88. The minimum absolute atomic E-state index is 0.0217. The van der Waals surface area contributed by atoms with Crippen LogP contribution in [0.5, 0.6) is 5.75 Å². The summed E-state index contributed by atoms with van der Waals surface area (Å²) in [5.74, 6) is 0.504. The molecule has 1 atom stereocenters. The fourth-order valence-corrected chi connectivity index (χ4v) is 3.11. The Balaban J connectivity index is 1.64. The number of amides is 2. The summed E-state index contributed by atoms with van der Waals surface area (Å²) < 4.78 is 5.66. The molecule has 5 heteroatoms. The van der Waals surface area contributed by atoms with Gasteiger partial charge in [0.15, 0.2) is 6.61 Å². The first-order valence-electron chi connectivity index (χ1n) is 8.18. The van der Waals surface area contributed by atoms with Crippen molar-refractivity contribution in [3.8, 4) is 5.75 Å². The largest absolute Gasteiger partial charge is 0.484 e. The number of fused-ring (bicyclic) bond motifs is 1. The number of likely N-dealkylation sites (tertiary alicyclic amines) is 1. The Morgan fingerprint density at radius 3 is 2.67 bits per heavy atom. The number of ether oxygens (including phenoxy) is 1. The van der Waals surface area contributed by atoms with Crippen LogP contribution in [-0.2, 0) is 9.59 Å². The predicted molar refractivity (Wildman–Crippen MR) is 92.9 cm³/mol. The van der Waals surface area contributed by atoms with E-state index in [9.17, 15) is 9.59 Å². The van der Waals surface area contributed by atoms with Crippen molar-refractivity contribution in [3.63, 3.8) is 0 Å². The lowest BCUT2D eigenvalue weighted by Crippen LogP contribution is -2.46. The van der Waals surface area contributed by atoms with Crippen LogP contribution in [-0.4, -0.2) is 54.9 Å². The van der Waals surface area contributed by atoms with Gasteiger partial charge in [0.05, 0.1) is 0 Å². The molecule has 2 aromatic carbocycles. The predicted octanol–water partition coefficient (Wildman–Crippen LogP) is 2.30. The number of carbonyl (C=O) groups excluding carboxylic acids is 2. The Kier molecular flexibility index (Phi) is 4.69. The second-order valence-electron chi connectivity index (χ2n) is 6.28. The van der Waals surface area contributed by atoms with E-state index in [1.165, 1.54) is 0 Å². The minimum Gasteiger partial charge on any atom is -0.484 e. The van der Waals surface area contributed by atoms with Gasteiger partial charge in [-0.1, -0.05) is 30.3 Å². The summed E-state index contributed by atoms with van der Waals surface area (Å²) in [6, 6.07) is 13.4. The second-order valence-corrected chi connectivity index (χ2v) is 6.28. The molecule has 24 heavy (non-hydrogen) atoms. The fraction of sp³-hybridized carbons (Fsp3) is 0.368. The van der Waals surface area contributed by atoms with Crippen LogP contribution >= 0.6 is 0 Å². The molecule has 126 valence electrons. The average molecular weight is 326 g/mol. The Morgan fingerprint density at radius 1 is 1.17 bits per heavy atom. The van der Waals surface area contributed by atoms with Crippen molar-refractivity contribution >= 4 is 22.6 Å². The normalized spacial score (nSPS) is 17.1. The van der Waals surface area contributed by atoms with Crippen LogP contribution in [0.4, 0.5) is 0 Å². The third kappa shape index (κ3) is 3.35. The van der Waals surface area contributed by atoms with Crippen LogP contribution in [0.3, 0.4) is 0 Å². The van der Waals surface area contributed by atoms with E-state index in [4.69, 9.17) is 4.74 Å². The Morgan fingerprint density at radius 2 is 1.92 bits per heavy atom. The first-order valence-corrected chi connectivity index (χ1v) is 8.18. The Labute approximate surface area is 141 Å². The third-order valence-corrected chi connectivity index (χ3v) is 4.38. The van der Waals surface area contributed by atoms with Crippen molar-refractivity contribution in [1.82, 2.24) is 9.80 Å². The summed E-state index contributed by atoms with van der Waals surface area (Å²) in [5.41, 5.74) is 0. The molecular formula is C19H22N2O3. The molecule has 0 radical (unpaired) electrons. The van der Waals surface area contributed by atoms with E-state index in [0.717, 1.165) is 23.6 Å². The zero-order valence-electron chi connectivity index (χ0n) is 14.1. The first kappa shape index (κ1) is 16.3. The quantitative estimate of drug-likeness (QED) is 0.866. The van der Waals surface area contributed by atoms with E-state index in [2.05, 4.69) is 0 Å². The molecular weight excluding hydrogens is 304 g/mol. The number of hydrogen-bond donors (Lipinski definition) is 0. The summed E-state index contributed by atoms with van der Waals surface area (Å²) in [6.07, 6.45) is 1.57. The van der Waals surface area contributed by atoms with E-state index in [-0.39, 0.29) is 24.5 Å². The maximum atomic E-state index is 12.4. The standard InChI is InChI=1S/C19H22N2O3/c1-20(2)19(23)17-8-5-11-21(17)18(22)13-24-16-10-9-14-6-3-4-7-15(14)12-16/h3-4,6-7,9-10,12,17H,5,8,11,13H2,1-2H3. The molecule has 5 nitrogen and oxygen atoms in total. The van der Waals surface area contributed by atoms with Gasteiger partial charge in [-0.05, 0) is 35.7 Å². The molecule has 1 aliphatic rings. The first-order chi connectivity index (χ1) is 11.6. The molecule has 3 rings (SSSR count). The topological polar surface area (TPSA) is 49.9 Å². The highest BCUT2D eigenvalue weighted by Gasteiger charge is 2.34. The van der Waals surface area contributed by atoms with Gasteiger partial charge in [-0.15, -0.1) is 0 Å². The van der Waals surface area contributed by atoms with Gasteiger partial charge in [-0.2, -0.15) is 0 Å². The lowest BCUT2D eigenvalue weighted by Gasteiger charge is -2.26. The molecule has 1 unspecified atom stereocenters. The molecule has 0 aliphatic carbocycles. The molecule has 2 amide bonds. The van der Waals surface area contributed by atoms with Gasteiger partial charge >= 0.3 is 0 Å². The van der Waals surface area contributed by atoms with Crippen LogP contribution in [0.2, 0.25) is 0 Å². The smallest absolute Gasteiger partial charge is 0.261 e. The number of benzene rings is 2. The summed E-state index contributed by atoms with van der Waals surface area (Å²) in [6.45, 7) is 0.569. The van der Waals surface area contributed by atoms with Gasteiger partial charge in [0.2, 0.25) is 5.91 Å². The van der Waals surface area contributed by atoms with Crippen LogP contribution < -0.4 is 4.74 Å². The Hall–Kier alpha value is -2.56. The number of hydrogen-bond acceptors (Lipinski definition) is 3. The van der Waals surface area contributed by atoms with Gasteiger partial charge in [-0.25, -0.2) is 0 Å². The maximum Gasteiger partial charge on any atom is 0.261 e. The van der Waals surface area contributed by atoms with Crippen molar-refractivity contribution in [1.29, 1.82) is 0 Å². The molecule has 0 aromatic heterocycles. The summed E-state index contributed by atoms with van der Waals surface area (Å²) in [4.78, 5) is 27.8. The van der Waals surface area contributed by atoms with E-state index in [1.807, 2.05) is 42.5 Å². The monoisotopic (exact) mass is 326 g/mol. The van der Waals surface area contributed by atoms with Crippen molar-refractivity contribution in [2.45, 2.75) is 18.9 Å². The van der Waals surface area contributed by atoms with Crippen molar-refractivity contribution in [2.75, 3.05) is 27.2 Å². The fourth-order valence-electron chi connectivity index (χ4n) is 3.11. The Bertz CT molecular complexity index is 757. The minimum atomic E-state index is -0.354. The molecule has 1 saturated heterocycles. The lowest BCUT2D eigenvalue weighted by molar-refractivity contribution is -0.143. The zero-order valence-corrected chi connectivity index (χ0v) is 14.1. The van der Waals surface area contributed by atoms with Crippen molar-refractivity contribution in [2.24, 2.45) is 0 Å². The van der Waals surface area contributed by atoms with Gasteiger partial charge < -0.3 is 14.5 Å². The van der Waals surface area contributed by atoms with E-state index < -0.39 is 0 Å².